The van der Waals surface area contributed by atoms with Crippen molar-refractivity contribution in [3.63, 3.8) is 0 Å². The summed E-state index contributed by atoms with van der Waals surface area (Å²) < 4.78 is 5.30. The second kappa shape index (κ2) is 8.63. The lowest BCUT2D eigenvalue weighted by atomic mass is 10.4. The third-order valence-corrected chi connectivity index (χ3v) is 4.69. The van der Waals surface area contributed by atoms with Gasteiger partial charge >= 0.3 is 0 Å². The molecule has 0 aliphatic carbocycles. The van der Waals surface area contributed by atoms with Crippen LogP contribution in [0.15, 0.2) is 29.2 Å². The van der Waals surface area contributed by atoms with Crippen LogP contribution in [0.1, 0.15) is 6.92 Å². The fraction of sp³-hybridized carbons (Fsp3) is 0.533. The number of nitrogens with one attached hydrogen (secondary N) is 1. The predicted molar refractivity (Wildman–Crippen MR) is 87.0 cm³/mol. The van der Waals surface area contributed by atoms with Crippen molar-refractivity contribution in [2.45, 2.75) is 17.1 Å². The number of ether oxygens (including phenoxy) is 1. The highest BCUT2D eigenvalue weighted by Crippen LogP contribution is 2.24. The Labute approximate surface area is 135 Å². The molecule has 1 aromatic carbocycles. The van der Waals surface area contributed by atoms with Crippen LogP contribution >= 0.6 is 23.4 Å². The van der Waals surface area contributed by atoms with E-state index in [9.17, 15) is 4.79 Å². The van der Waals surface area contributed by atoms with Gasteiger partial charge in [0.05, 0.1) is 18.5 Å². The van der Waals surface area contributed by atoms with Gasteiger partial charge in [0.15, 0.2) is 0 Å². The van der Waals surface area contributed by atoms with E-state index in [1.807, 2.05) is 31.2 Å². The molecule has 0 saturated carbocycles. The number of amides is 1. The van der Waals surface area contributed by atoms with Crippen molar-refractivity contribution in [2.75, 3.05) is 39.4 Å². The van der Waals surface area contributed by atoms with E-state index in [-0.39, 0.29) is 11.2 Å². The van der Waals surface area contributed by atoms with Crippen molar-refractivity contribution in [3.05, 3.63) is 29.3 Å². The van der Waals surface area contributed by atoms with Gasteiger partial charge in [-0.2, -0.15) is 0 Å². The van der Waals surface area contributed by atoms with Crippen molar-refractivity contribution >= 4 is 29.3 Å². The number of benzene rings is 1. The first-order chi connectivity index (χ1) is 10.1. The van der Waals surface area contributed by atoms with E-state index < -0.39 is 0 Å². The molecule has 1 aromatic rings. The molecule has 4 nitrogen and oxygen atoms in total. The van der Waals surface area contributed by atoms with Crippen molar-refractivity contribution in [2.24, 2.45) is 0 Å². The minimum atomic E-state index is -0.115. The zero-order valence-corrected chi connectivity index (χ0v) is 13.8. The molecular weight excluding hydrogens is 308 g/mol. The van der Waals surface area contributed by atoms with Crippen molar-refractivity contribution < 1.29 is 9.53 Å². The fourth-order valence-corrected chi connectivity index (χ4v) is 3.09. The molecule has 1 aliphatic heterocycles. The topological polar surface area (TPSA) is 41.6 Å². The molecule has 6 heteroatoms. The highest BCUT2D eigenvalue weighted by atomic mass is 35.5. The maximum atomic E-state index is 12.1. The highest BCUT2D eigenvalue weighted by molar-refractivity contribution is 8.00. The number of hydrogen-bond donors (Lipinski definition) is 1. The average Bonchev–Trinajstić information content (AvgIpc) is 2.50. The van der Waals surface area contributed by atoms with E-state index in [2.05, 4.69) is 10.2 Å². The number of nitrogens with zero attached hydrogens (tertiary/aromatic N) is 1. The highest BCUT2D eigenvalue weighted by Gasteiger charge is 2.15. The smallest absolute Gasteiger partial charge is 0.233 e. The Morgan fingerprint density at radius 2 is 2.05 bits per heavy atom. The first-order valence-corrected chi connectivity index (χ1v) is 8.41. The monoisotopic (exact) mass is 328 g/mol. The number of hydrogen-bond acceptors (Lipinski definition) is 4. The summed E-state index contributed by atoms with van der Waals surface area (Å²) in [5.74, 6) is 0.0724. The number of rotatable bonds is 6. The van der Waals surface area contributed by atoms with E-state index in [1.54, 1.807) is 11.8 Å². The van der Waals surface area contributed by atoms with Gasteiger partial charge in [0.2, 0.25) is 5.91 Å². The average molecular weight is 329 g/mol. The van der Waals surface area contributed by atoms with Gasteiger partial charge in [-0.25, -0.2) is 0 Å². The molecule has 1 amide bonds. The molecule has 1 fully saturated rings. The summed E-state index contributed by atoms with van der Waals surface area (Å²) >= 11 is 7.39. The zero-order chi connectivity index (χ0) is 15.1. The number of carbonyl (C=O) groups is 1. The number of morpholine rings is 1. The van der Waals surface area contributed by atoms with Crippen LogP contribution in [0.4, 0.5) is 0 Å². The third-order valence-electron chi connectivity index (χ3n) is 3.33. The van der Waals surface area contributed by atoms with Crippen molar-refractivity contribution in [1.29, 1.82) is 0 Å². The largest absolute Gasteiger partial charge is 0.379 e. The van der Waals surface area contributed by atoms with Crippen molar-refractivity contribution in [3.8, 4) is 0 Å². The van der Waals surface area contributed by atoms with E-state index in [4.69, 9.17) is 16.3 Å². The summed E-state index contributed by atoms with van der Waals surface area (Å²) in [6, 6.07) is 7.55. The molecule has 1 saturated heterocycles. The lowest BCUT2D eigenvalue weighted by Gasteiger charge is -2.26. The molecule has 0 aromatic heterocycles. The Bertz CT molecular complexity index is 449. The summed E-state index contributed by atoms with van der Waals surface area (Å²) in [5.41, 5.74) is 0. The first-order valence-electron chi connectivity index (χ1n) is 7.15. The Morgan fingerprint density at radius 1 is 1.38 bits per heavy atom. The summed E-state index contributed by atoms with van der Waals surface area (Å²) in [6.45, 7) is 6.96. The minimum absolute atomic E-state index is 0.0724. The molecule has 1 atom stereocenters. The molecule has 116 valence electrons. The zero-order valence-electron chi connectivity index (χ0n) is 12.2. The van der Waals surface area contributed by atoms with Crippen LogP contribution in [0, 0.1) is 0 Å². The van der Waals surface area contributed by atoms with Crippen LogP contribution in [0.5, 0.6) is 0 Å². The van der Waals surface area contributed by atoms with Gasteiger partial charge in [0, 0.05) is 36.1 Å². The Hall–Kier alpha value is -0.750. The Kier molecular flexibility index (Phi) is 6.83. The third kappa shape index (κ3) is 5.87. The molecule has 2 rings (SSSR count). The van der Waals surface area contributed by atoms with Gasteiger partial charge in [-0.3, -0.25) is 9.69 Å². The maximum absolute atomic E-state index is 12.1. The van der Waals surface area contributed by atoms with Crippen LogP contribution < -0.4 is 5.32 Å². The summed E-state index contributed by atoms with van der Waals surface area (Å²) in [5, 5.41) is 3.59. The molecule has 0 unspecified atom stereocenters. The Morgan fingerprint density at radius 3 is 2.71 bits per heavy atom. The minimum Gasteiger partial charge on any atom is -0.379 e. The molecule has 0 spiro atoms. The second-order valence-electron chi connectivity index (χ2n) is 4.96. The molecule has 1 N–H and O–H groups in total. The van der Waals surface area contributed by atoms with Gasteiger partial charge in [-0.1, -0.05) is 11.6 Å². The van der Waals surface area contributed by atoms with Crippen LogP contribution in [0.2, 0.25) is 5.02 Å². The first kappa shape index (κ1) is 16.6. The normalized spacial score (nSPS) is 17.4. The molecule has 0 radical (unpaired) electrons. The molecular formula is C15H21ClN2O2S. The maximum Gasteiger partial charge on any atom is 0.233 e. The lowest BCUT2D eigenvalue weighted by Crippen LogP contribution is -2.42. The van der Waals surface area contributed by atoms with E-state index >= 15 is 0 Å². The quantitative estimate of drug-likeness (QED) is 0.813. The van der Waals surface area contributed by atoms with Gasteiger partial charge in [-0.15, -0.1) is 11.8 Å². The Balaban J connectivity index is 1.68. The molecule has 1 heterocycles. The predicted octanol–water partition coefficient (Wildman–Crippen LogP) is 2.27. The lowest BCUT2D eigenvalue weighted by molar-refractivity contribution is -0.120. The van der Waals surface area contributed by atoms with Gasteiger partial charge < -0.3 is 10.1 Å². The van der Waals surface area contributed by atoms with E-state index in [0.29, 0.717) is 11.6 Å². The van der Waals surface area contributed by atoms with Crippen LogP contribution in [0.25, 0.3) is 0 Å². The summed E-state index contributed by atoms with van der Waals surface area (Å²) in [4.78, 5) is 15.4. The van der Waals surface area contributed by atoms with E-state index in [0.717, 1.165) is 37.7 Å². The van der Waals surface area contributed by atoms with Crippen LogP contribution in [-0.2, 0) is 9.53 Å². The SMILES string of the molecule is C[C@H](Sc1ccc(Cl)cc1)C(=O)NCCN1CCOCC1. The molecule has 1 aliphatic rings. The van der Waals surface area contributed by atoms with Crippen LogP contribution in [-0.4, -0.2) is 55.4 Å². The summed E-state index contributed by atoms with van der Waals surface area (Å²) in [6.07, 6.45) is 0. The van der Waals surface area contributed by atoms with Gasteiger partial charge in [0.25, 0.3) is 0 Å². The number of halogens is 1. The molecule has 21 heavy (non-hydrogen) atoms. The number of thioether (sulfide) groups is 1. The van der Waals surface area contributed by atoms with Crippen molar-refractivity contribution in [1.82, 2.24) is 10.2 Å². The van der Waals surface area contributed by atoms with Gasteiger partial charge in [-0.05, 0) is 31.2 Å². The van der Waals surface area contributed by atoms with Crippen LogP contribution in [0.3, 0.4) is 0 Å². The number of carbonyl (C=O) groups excluding carboxylic acids is 1. The van der Waals surface area contributed by atoms with E-state index in [1.165, 1.54) is 0 Å². The standard InChI is InChI=1S/C15H21ClN2O2S/c1-12(21-14-4-2-13(16)3-5-14)15(19)17-6-7-18-8-10-20-11-9-18/h2-5,12H,6-11H2,1H3,(H,17,19)/t12-/m0/s1. The summed E-state index contributed by atoms with van der Waals surface area (Å²) in [7, 11) is 0. The van der Waals surface area contributed by atoms with Gasteiger partial charge in [0.1, 0.15) is 0 Å². The second-order valence-corrected chi connectivity index (χ2v) is 6.81. The molecule has 0 bridgehead atoms. The fourth-order valence-electron chi connectivity index (χ4n) is 2.08.